The van der Waals surface area contributed by atoms with Crippen LogP contribution in [0.2, 0.25) is 0 Å². The minimum atomic E-state index is -2.54. The third-order valence-electron chi connectivity index (χ3n) is 6.90. The molecule has 37 heavy (non-hydrogen) atoms. The van der Waals surface area contributed by atoms with Crippen LogP contribution >= 0.6 is 11.3 Å². The van der Waals surface area contributed by atoms with E-state index in [2.05, 4.69) is 48.5 Å². The molecule has 0 spiro atoms. The van der Waals surface area contributed by atoms with Gasteiger partial charge in [0.25, 0.3) is 0 Å². The fourth-order valence-electron chi connectivity index (χ4n) is 5.03. The number of benzene rings is 4. The van der Waals surface area contributed by atoms with E-state index in [4.69, 9.17) is 4.11 Å². The summed E-state index contributed by atoms with van der Waals surface area (Å²) in [7, 11) is 1.74. The van der Waals surface area contributed by atoms with Crippen molar-refractivity contribution in [2.75, 3.05) is 0 Å². The van der Waals surface area contributed by atoms with Crippen LogP contribution in [0.25, 0.3) is 53.7 Å². The smallest absolute Gasteiger partial charge is 0.206 e. The van der Waals surface area contributed by atoms with Gasteiger partial charge >= 0.3 is 0 Å². The molecule has 0 aliphatic carbocycles. The molecule has 2 aromatic heterocycles. The molecule has 0 unspecified atom stereocenters. The molecule has 0 saturated carbocycles. The van der Waals surface area contributed by atoms with Gasteiger partial charge in [0.05, 0.1) is 17.2 Å². The van der Waals surface area contributed by atoms with Gasteiger partial charge in [0.15, 0.2) is 6.20 Å². The lowest BCUT2D eigenvalue weighted by molar-refractivity contribution is -0.660. The standard InChI is InChI=1S/C33H24FN2S/c1-20-9-15-26-27-16-14-25(18-35)31(24-12-10-23(11-13-24)22-7-5-4-6-8-22)33(27)37-32(26)30(20)29-17-28(34)21(2)19-36(29)3/h4-17,19H,1-3H3/q+1/i2D3. The van der Waals surface area contributed by atoms with Gasteiger partial charge < -0.3 is 0 Å². The van der Waals surface area contributed by atoms with E-state index in [0.717, 1.165) is 53.6 Å². The Kier molecular flexibility index (Phi) is 4.80. The highest BCUT2D eigenvalue weighted by Gasteiger charge is 2.23. The molecule has 0 bridgehead atoms. The molecule has 178 valence electrons. The third-order valence-corrected chi connectivity index (χ3v) is 8.16. The molecule has 0 radical (unpaired) electrons. The minimum absolute atomic E-state index is 0.306. The number of pyridine rings is 1. The second-order valence-corrected chi connectivity index (χ2v) is 10.2. The van der Waals surface area contributed by atoms with Crippen molar-refractivity contribution in [1.82, 2.24) is 0 Å². The van der Waals surface area contributed by atoms with Crippen molar-refractivity contribution in [3.8, 4) is 39.6 Å². The van der Waals surface area contributed by atoms with E-state index < -0.39 is 12.7 Å². The Hall–Kier alpha value is -4.33. The predicted octanol–water partition coefficient (Wildman–Crippen LogP) is 8.51. The molecule has 0 N–H and O–H groups in total. The Morgan fingerprint density at radius 1 is 0.811 bits per heavy atom. The van der Waals surface area contributed by atoms with Gasteiger partial charge in [0, 0.05) is 41.5 Å². The number of hydrogen-bond donors (Lipinski definition) is 0. The molecule has 6 rings (SSSR count). The summed E-state index contributed by atoms with van der Waals surface area (Å²) in [4.78, 5) is 0. The predicted molar refractivity (Wildman–Crippen MR) is 151 cm³/mol. The van der Waals surface area contributed by atoms with Crippen molar-refractivity contribution in [3.05, 3.63) is 114 Å². The molecule has 6 aromatic rings. The average Bonchev–Trinajstić information content (AvgIpc) is 3.32. The van der Waals surface area contributed by atoms with E-state index in [9.17, 15) is 5.26 Å². The fraction of sp³-hybridized carbons (Fsp3) is 0.0909. The zero-order valence-electron chi connectivity index (χ0n) is 23.3. The van der Waals surface area contributed by atoms with Gasteiger partial charge in [-0.1, -0.05) is 72.8 Å². The SMILES string of the molecule is [2H]C([2H])([2H])c1c[n+](C)c(-c2c(C)ccc3c2sc2c(-c4ccc(-c5ccccc5)cc4)c(C#N)ccc23)cc1F. The summed E-state index contributed by atoms with van der Waals surface area (Å²) in [5.74, 6) is -0.753. The third kappa shape index (κ3) is 3.80. The first-order valence-electron chi connectivity index (χ1n) is 13.4. The number of fused-ring (bicyclic) bond motifs is 3. The maximum Gasteiger partial charge on any atom is 0.216 e. The second-order valence-electron chi connectivity index (χ2n) is 9.19. The van der Waals surface area contributed by atoms with E-state index in [1.165, 1.54) is 12.3 Å². The summed E-state index contributed by atoms with van der Waals surface area (Å²) >= 11 is 1.58. The van der Waals surface area contributed by atoms with E-state index >= 15 is 4.39 Å². The quantitative estimate of drug-likeness (QED) is 0.223. The van der Waals surface area contributed by atoms with Gasteiger partial charge in [0.2, 0.25) is 5.69 Å². The zero-order valence-corrected chi connectivity index (χ0v) is 21.2. The number of aromatic nitrogens is 1. The van der Waals surface area contributed by atoms with Crippen LogP contribution in [-0.4, -0.2) is 0 Å². The average molecular weight is 503 g/mol. The number of thiophene rings is 1. The number of nitriles is 1. The largest absolute Gasteiger partial charge is 0.216 e. The number of hydrogen-bond acceptors (Lipinski definition) is 2. The molecule has 2 heterocycles. The zero-order chi connectivity index (χ0) is 28.2. The van der Waals surface area contributed by atoms with Crippen LogP contribution in [0.3, 0.4) is 0 Å². The fourth-order valence-corrected chi connectivity index (χ4v) is 6.51. The number of aryl methyl sites for hydroxylation is 3. The normalized spacial score (nSPS) is 12.8. The highest BCUT2D eigenvalue weighted by atomic mass is 32.1. The number of rotatable bonds is 3. The van der Waals surface area contributed by atoms with Gasteiger partial charge in [-0.3, -0.25) is 0 Å². The van der Waals surface area contributed by atoms with E-state index in [0.29, 0.717) is 11.3 Å². The summed E-state index contributed by atoms with van der Waals surface area (Å²) in [6.45, 7) is -0.573. The van der Waals surface area contributed by atoms with Crippen LogP contribution in [0, 0.1) is 30.9 Å². The van der Waals surface area contributed by atoms with E-state index in [-0.39, 0.29) is 5.56 Å². The summed E-state index contributed by atoms with van der Waals surface area (Å²) < 4.78 is 41.8. The van der Waals surface area contributed by atoms with Crippen molar-refractivity contribution in [2.45, 2.75) is 13.8 Å². The van der Waals surface area contributed by atoms with Gasteiger partial charge in [-0.15, -0.1) is 11.3 Å². The molecular formula is C33H24FN2S+. The van der Waals surface area contributed by atoms with Crippen LogP contribution in [0.15, 0.2) is 91.1 Å². The lowest BCUT2D eigenvalue weighted by Gasteiger charge is -2.08. The van der Waals surface area contributed by atoms with Crippen molar-refractivity contribution in [3.63, 3.8) is 0 Å². The summed E-state index contributed by atoms with van der Waals surface area (Å²) in [5.41, 5.74) is 6.71. The Balaban J connectivity index is 1.59. The van der Waals surface area contributed by atoms with E-state index in [1.807, 2.05) is 43.3 Å². The molecule has 0 amide bonds. The minimum Gasteiger partial charge on any atom is -0.206 e. The molecule has 0 aliphatic heterocycles. The Labute approximate surface area is 223 Å². The van der Waals surface area contributed by atoms with Crippen LogP contribution < -0.4 is 4.57 Å². The van der Waals surface area contributed by atoms with Gasteiger partial charge in [-0.05, 0) is 42.1 Å². The van der Waals surface area contributed by atoms with Crippen molar-refractivity contribution in [2.24, 2.45) is 7.05 Å². The van der Waals surface area contributed by atoms with E-state index in [1.54, 1.807) is 23.0 Å². The van der Waals surface area contributed by atoms with Gasteiger partial charge in [0.1, 0.15) is 12.9 Å². The molecular weight excluding hydrogens is 475 g/mol. The maximum atomic E-state index is 15.1. The summed E-state index contributed by atoms with van der Waals surface area (Å²) in [6.07, 6.45) is 1.36. The Bertz CT molecular complexity index is 1970. The Morgan fingerprint density at radius 2 is 1.46 bits per heavy atom. The molecule has 4 heteroatoms. The first-order chi connectivity index (χ1) is 19.2. The van der Waals surface area contributed by atoms with Crippen LogP contribution in [0.5, 0.6) is 0 Å². The maximum absolute atomic E-state index is 15.1. The van der Waals surface area contributed by atoms with Gasteiger partial charge in [-0.2, -0.15) is 5.26 Å². The molecule has 0 atom stereocenters. The summed E-state index contributed by atoms with van der Waals surface area (Å²) in [6, 6.07) is 30.0. The van der Waals surface area contributed by atoms with Crippen LogP contribution in [-0.2, 0) is 7.05 Å². The monoisotopic (exact) mass is 502 g/mol. The lowest BCUT2D eigenvalue weighted by atomic mass is 9.95. The highest BCUT2D eigenvalue weighted by molar-refractivity contribution is 7.27. The van der Waals surface area contributed by atoms with Crippen molar-refractivity contribution < 1.29 is 13.1 Å². The lowest BCUT2D eigenvalue weighted by Crippen LogP contribution is -2.31. The topological polar surface area (TPSA) is 27.7 Å². The molecule has 0 saturated heterocycles. The molecule has 0 fully saturated rings. The van der Waals surface area contributed by atoms with Crippen LogP contribution in [0.1, 0.15) is 20.8 Å². The Morgan fingerprint density at radius 3 is 2.16 bits per heavy atom. The first-order valence-corrected chi connectivity index (χ1v) is 12.7. The van der Waals surface area contributed by atoms with Crippen LogP contribution in [0.4, 0.5) is 4.39 Å². The highest BCUT2D eigenvalue weighted by Crippen LogP contribution is 2.45. The first kappa shape index (κ1) is 19.8. The number of nitrogens with zero attached hydrogens (tertiary/aromatic N) is 2. The van der Waals surface area contributed by atoms with Crippen molar-refractivity contribution >= 4 is 31.5 Å². The molecule has 0 aliphatic rings. The second kappa shape index (κ2) is 8.96. The van der Waals surface area contributed by atoms with Crippen molar-refractivity contribution in [1.29, 1.82) is 5.26 Å². The summed E-state index contributed by atoms with van der Waals surface area (Å²) in [5, 5.41) is 12.1. The van der Waals surface area contributed by atoms with Gasteiger partial charge in [-0.25, -0.2) is 8.96 Å². The molecule has 4 aromatic carbocycles. The molecule has 2 nitrogen and oxygen atoms in total. The number of halogens is 1.